The number of rotatable bonds is 4. The van der Waals surface area contributed by atoms with Gasteiger partial charge in [0.25, 0.3) is 0 Å². The van der Waals surface area contributed by atoms with E-state index in [1.54, 1.807) is 12.1 Å². The van der Waals surface area contributed by atoms with Crippen LogP contribution in [0.15, 0.2) is 42.5 Å². The van der Waals surface area contributed by atoms with E-state index < -0.39 is 0 Å². The fourth-order valence-electron chi connectivity index (χ4n) is 3.34. The minimum Gasteiger partial charge on any atom is -0.370 e. The molecule has 1 saturated heterocycles. The van der Waals surface area contributed by atoms with Gasteiger partial charge in [-0.2, -0.15) is 0 Å². The first kappa shape index (κ1) is 16.5. The monoisotopic (exact) mass is 360 g/mol. The lowest BCUT2D eigenvalue weighted by atomic mass is 10.2. The number of hydrogen-bond donors (Lipinski definition) is 1. The number of aromatic nitrogens is 2. The second kappa shape index (κ2) is 7.12. The van der Waals surface area contributed by atoms with Crippen molar-refractivity contribution < 1.29 is 14.0 Å². The number of fused-ring (bicyclic) bond motifs is 1. The molecule has 130 valence electrons. The van der Waals surface area contributed by atoms with Gasteiger partial charge in [0, 0.05) is 10.6 Å². The smallest absolute Gasteiger partial charge is 0.165 e. The number of benzene rings is 2. The van der Waals surface area contributed by atoms with Crippen LogP contribution in [0, 0.1) is 5.82 Å². The zero-order chi connectivity index (χ0) is 17.2. The molecule has 1 aliphatic heterocycles. The van der Waals surface area contributed by atoms with E-state index >= 15 is 0 Å². The number of quaternary nitrogens is 1. The summed E-state index contributed by atoms with van der Waals surface area (Å²) < 4.78 is 21.8. The molecule has 6 heteroatoms. The van der Waals surface area contributed by atoms with Crippen LogP contribution in [-0.4, -0.2) is 35.9 Å². The Morgan fingerprint density at radius 2 is 1.92 bits per heavy atom. The summed E-state index contributed by atoms with van der Waals surface area (Å²) in [5, 5.41) is 0.447. The summed E-state index contributed by atoms with van der Waals surface area (Å²) >= 11 is 6.25. The Kier molecular flexibility index (Phi) is 4.70. The van der Waals surface area contributed by atoms with Crippen LogP contribution in [0.5, 0.6) is 0 Å². The number of para-hydroxylation sites is 2. The number of ether oxygens (including phenoxy) is 1. The molecule has 2 aromatic carbocycles. The highest BCUT2D eigenvalue weighted by Crippen LogP contribution is 2.23. The third kappa shape index (κ3) is 3.40. The van der Waals surface area contributed by atoms with Crippen LogP contribution < -0.4 is 4.90 Å². The molecule has 0 bridgehead atoms. The standard InChI is InChI=1S/C19H19ClFN3O/c20-15-4-3-5-16(21)14(15)12-24-18-7-2-1-6-17(18)22-19(24)13-23-8-10-25-11-9-23/h1-7H,8-13H2/p+1. The Morgan fingerprint density at radius 3 is 2.72 bits per heavy atom. The van der Waals surface area contributed by atoms with Crippen LogP contribution in [0.2, 0.25) is 5.02 Å². The quantitative estimate of drug-likeness (QED) is 0.774. The Morgan fingerprint density at radius 1 is 1.12 bits per heavy atom. The second-order valence-electron chi connectivity index (χ2n) is 6.34. The van der Waals surface area contributed by atoms with Crippen molar-refractivity contribution in [2.45, 2.75) is 13.1 Å². The maximum absolute atomic E-state index is 14.3. The Hall–Kier alpha value is -1.95. The molecule has 0 saturated carbocycles. The Bertz CT molecular complexity index is 869. The van der Waals surface area contributed by atoms with E-state index in [0.29, 0.717) is 17.1 Å². The van der Waals surface area contributed by atoms with Crippen LogP contribution >= 0.6 is 11.6 Å². The van der Waals surface area contributed by atoms with Crippen molar-refractivity contribution in [1.29, 1.82) is 0 Å². The molecule has 1 aromatic heterocycles. The first-order valence-electron chi connectivity index (χ1n) is 8.51. The van der Waals surface area contributed by atoms with Gasteiger partial charge in [-0.1, -0.05) is 29.8 Å². The Labute approximate surface area is 150 Å². The van der Waals surface area contributed by atoms with Crippen LogP contribution in [0.3, 0.4) is 0 Å². The van der Waals surface area contributed by atoms with Gasteiger partial charge in [-0.15, -0.1) is 0 Å². The third-order valence-electron chi connectivity index (χ3n) is 4.72. The number of nitrogens with one attached hydrogen (secondary N) is 1. The molecular formula is C19H20ClFN3O+. The summed E-state index contributed by atoms with van der Waals surface area (Å²) in [5.41, 5.74) is 2.44. The molecule has 0 radical (unpaired) electrons. The highest BCUT2D eigenvalue weighted by atomic mass is 35.5. The van der Waals surface area contributed by atoms with Gasteiger partial charge in [0.1, 0.15) is 25.5 Å². The van der Waals surface area contributed by atoms with Crippen molar-refractivity contribution in [3.63, 3.8) is 0 Å². The minimum atomic E-state index is -0.282. The molecule has 1 N–H and O–H groups in total. The van der Waals surface area contributed by atoms with Gasteiger partial charge in [0.05, 0.1) is 30.8 Å². The van der Waals surface area contributed by atoms with Crippen molar-refractivity contribution >= 4 is 22.6 Å². The molecule has 0 unspecified atom stereocenters. The van der Waals surface area contributed by atoms with Gasteiger partial charge in [-0.05, 0) is 24.3 Å². The molecule has 2 heterocycles. The highest BCUT2D eigenvalue weighted by molar-refractivity contribution is 6.31. The van der Waals surface area contributed by atoms with E-state index in [4.69, 9.17) is 21.3 Å². The van der Waals surface area contributed by atoms with Crippen LogP contribution in [0.4, 0.5) is 4.39 Å². The fourth-order valence-corrected chi connectivity index (χ4v) is 3.56. The number of halogens is 2. The largest absolute Gasteiger partial charge is 0.370 e. The summed E-state index contributed by atoms with van der Waals surface area (Å²) in [6.07, 6.45) is 0. The molecule has 0 amide bonds. The molecule has 4 nitrogen and oxygen atoms in total. The Balaban J connectivity index is 1.74. The van der Waals surface area contributed by atoms with Gasteiger partial charge >= 0.3 is 0 Å². The average molecular weight is 361 g/mol. The maximum Gasteiger partial charge on any atom is 0.165 e. The maximum atomic E-state index is 14.3. The van der Waals surface area contributed by atoms with Gasteiger partial charge < -0.3 is 14.2 Å². The van der Waals surface area contributed by atoms with Crippen molar-refractivity contribution in [1.82, 2.24) is 9.55 Å². The number of nitrogens with zero attached hydrogens (tertiary/aromatic N) is 2. The highest BCUT2D eigenvalue weighted by Gasteiger charge is 2.20. The zero-order valence-electron chi connectivity index (χ0n) is 13.8. The van der Waals surface area contributed by atoms with Crippen LogP contribution in [-0.2, 0) is 17.8 Å². The van der Waals surface area contributed by atoms with E-state index in [0.717, 1.165) is 49.7 Å². The molecule has 3 aromatic rings. The predicted molar refractivity (Wildman–Crippen MR) is 95.5 cm³/mol. The van der Waals surface area contributed by atoms with E-state index in [2.05, 4.69) is 4.57 Å². The van der Waals surface area contributed by atoms with Gasteiger partial charge in [0.2, 0.25) is 0 Å². The lowest BCUT2D eigenvalue weighted by Gasteiger charge is -2.23. The topological polar surface area (TPSA) is 31.5 Å². The number of morpholine rings is 1. The summed E-state index contributed by atoms with van der Waals surface area (Å²) in [7, 11) is 0. The average Bonchev–Trinajstić information content (AvgIpc) is 2.96. The fraction of sp³-hybridized carbons (Fsp3) is 0.316. The van der Waals surface area contributed by atoms with Crippen LogP contribution in [0.1, 0.15) is 11.4 Å². The van der Waals surface area contributed by atoms with Gasteiger partial charge in [0.15, 0.2) is 5.82 Å². The molecule has 4 rings (SSSR count). The zero-order valence-corrected chi connectivity index (χ0v) is 14.6. The lowest BCUT2D eigenvalue weighted by Crippen LogP contribution is -3.12. The summed E-state index contributed by atoms with van der Waals surface area (Å²) in [5.74, 6) is 0.673. The van der Waals surface area contributed by atoms with E-state index in [-0.39, 0.29) is 5.82 Å². The van der Waals surface area contributed by atoms with E-state index in [1.807, 2.05) is 24.3 Å². The minimum absolute atomic E-state index is 0.282. The first-order chi connectivity index (χ1) is 12.2. The summed E-state index contributed by atoms with van der Waals surface area (Å²) in [6, 6.07) is 12.8. The third-order valence-corrected chi connectivity index (χ3v) is 5.07. The van der Waals surface area contributed by atoms with Crippen molar-refractivity contribution in [2.75, 3.05) is 26.3 Å². The van der Waals surface area contributed by atoms with Gasteiger partial charge in [-0.3, -0.25) is 0 Å². The van der Waals surface area contributed by atoms with E-state index in [9.17, 15) is 4.39 Å². The van der Waals surface area contributed by atoms with Crippen LogP contribution in [0.25, 0.3) is 11.0 Å². The predicted octanol–water partition coefficient (Wildman–Crippen LogP) is 2.29. The molecule has 0 spiro atoms. The second-order valence-corrected chi connectivity index (χ2v) is 6.75. The summed E-state index contributed by atoms with van der Waals surface area (Å²) in [6.45, 7) is 4.64. The molecule has 1 aliphatic rings. The van der Waals surface area contributed by atoms with E-state index in [1.165, 1.54) is 11.0 Å². The van der Waals surface area contributed by atoms with Crippen molar-refractivity contribution in [3.8, 4) is 0 Å². The van der Waals surface area contributed by atoms with Gasteiger partial charge in [-0.25, -0.2) is 9.37 Å². The van der Waals surface area contributed by atoms with Crippen molar-refractivity contribution in [3.05, 3.63) is 64.7 Å². The normalized spacial score (nSPS) is 15.8. The summed E-state index contributed by atoms with van der Waals surface area (Å²) in [4.78, 5) is 6.23. The molecule has 0 atom stereocenters. The first-order valence-corrected chi connectivity index (χ1v) is 8.88. The SMILES string of the molecule is Fc1cccc(Cl)c1Cn1c(C[NH+]2CCOCC2)nc2ccccc21. The number of imidazole rings is 1. The molecule has 25 heavy (non-hydrogen) atoms. The molecule has 1 fully saturated rings. The van der Waals surface area contributed by atoms with Crippen molar-refractivity contribution in [2.24, 2.45) is 0 Å². The number of hydrogen-bond acceptors (Lipinski definition) is 2. The molecular weight excluding hydrogens is 341 g/mol. The lowest BCUT2D eigenvalue weighted by molar-refractivity contribution is -0.922. The molecule has 0 aliphatic carbocycles.